The summed E-state index contributed by atoms with van der Waals surface area (Å²) < 4.78 is 4.83. The Morgan fingerprint density at radius 1 is 0.643 bits per heavy atom. The van der Waals surface area contributed by atoms with Crippen molar-refractivity contribution in [3.8, 4) is 22.9 Å². The molecule has 144 valence electrons. The molecule has 0 N–H and O–H groups in total. The fourth-order valence-electron chi connectivity index (χ4n) is 1.77. The minimum absolute atomic E-state index is 0.511. The molecule has 0 aromatic heterocycles. The lowest BCUT2D eigenvalue weighted by Gasteiger charge is -2.02. The molecule has 0 saturated heterocycles. The number of rotatable bonds is 10. The van der Waals surface area contributed by atoms with Crippen LogP contribution < -0.4 is 0 Å². The number of thiocyanates is 2. The number of nitriles is 4. The van der Waals surface area contributed by atoms with Crippen LogP contribution in [0, 0.1) is 44.0 Å². The molecule has 4 nitrogen and oxygen atoms in total. The van der Waals surface area contributed by atoms with Crippen LogP contribution in [0.25, 0.3) is 0 Å². The molecule has 0 bridgehead atoms. The average Bonchev–Trinajstić information content (AvgIpc) is 3.29. The van der Waals surface area contributed by atoms with E-state index >= 15 is 0 Å². The third-order valence-electron chi connectivity index (χ3n) is 2.88. The van der Waals surface area contributed by atoms with Crippen LogP contribution >= 0.6 is 94.1 Å². The van der Waals surface area contributed by atoms with Crippen molar-refractivity contribution in [2.24, 2.45) is 0 Å². The Bertz CT molecular complexity index is 784. The summed E-state index contributed by atoms with van der Waals surface area (Å²) in [6.07, 6.45) is 1.02. The molecule has 2 rings (SSSR count). The standard InChI is InChI=1S/C16H12N4S8/c17-3-1-5-23-13-14(24-6-2-4-18)28-16(27-13)15-25-11(7-21-9-19)12(26-15)8-22-10-20/h1-2,5-8H2. The smallest absolute Gasteiger partial charge is 0.133 e. The van der Waals surface area contributed by atoms with Gasteiger partial charge in [0.05, 0.1) is 29.1 Å². The minimum Gasteiger partial charge on any atom is -0.198 e. The van der Waals surface area contributed by atoms with Crippen molar-refractivity contribution in [1.29, 1.82) is 21.0 Å². The Morgan fingerprint density at radius 2 is 1.07 bits per heavy atom. The van der Waals surface area contributed by atoms with E-state index in [4.69, 9.17) is 21.0 Å². The first-order chi connectivity index (χ1) is 13.7. The van der Waals surface area contributed by atoms with Gasteiger partial charge in [-0.3, -0.25) is 0 Å². The lowest BCUT2D eigenvalue weighted by Crippen LogP contribution is -1.85. The quantitative estimate of drug-likeness (QED) is 0.218. The lowest BCUT2D eigenvalue weighted by atomic mass is 10.6. The van der Waals surface area contributed by atoms with Gasteiger partial charge in [0.15, 0.2) is 0 Å². The van der Waals surface area contributed by atoms with E-state index in [0.717, 1.165) is 21.3 Å². The van der Waals surface area contributed by atoms with E-state index in [1.54, 1.807) is 70.6 Å². The zero-order valence-corrected chi connectivity index (χ0v) is 20.8. The molecule has 0 atom stereocenters. The van der Waals surface area contributed by atoms with Crippen LogP contribution in [0.2, 0.25) is 0 Å². The van der Waals surface area contributed by atoms with E-state index in [1.807, 2.05) is 0 Å². The molecule has 0 unspecified atom stereocenters. The van der Waals surface area contributed by atoms with E-state index in [1.165, 1.54) is 40.5 Å². The SMILES string of the molecule is N#CCCSC1=C(SCCC#N)SC(=C2SC(CSC#N)=C(CSC#N)S2)S1. The van der Waals surface area contributed by atoms with E-state index < -0.39 is 0 Å². The molecule has 0 aromatic rings. The van der Waals surface area contributed by atoms with Crippen LogP contribution in [0.4, 0.5) is 0 Å². The highest BCUT2D eigenvalue weighted by Crippen LogP contribution is 2.64. The Balaban J connectivity index is 2.11. The molecule has 0 spiro atoms. The number of thioether (sulfide) groups is 8. The molecule has 2 aliphatic rings. The van der Waals surface area contributed by atoms with Gasteiger partial charge in [-0.15, -0.1) is 23.5 Å². The van der Waals surface area contributed by atoms with Crippen molar-refractivity contribution >= 4 is 94.1 Å². The van der Waals surface area contributed by atoms with E-state index in [-0.39, 0.29) is 0 Å². The summed E-state index contributed by atoms with van der Waals surface area (Å²) in [5, 5.41) is 39.6. The maximum atomic E-state index is 8.88. The summed E-state index contributed by atoms with van der Waals surface area (Å²) in [5.41, 5.74) is 0. The fourth-order valence-corrected chi connectivity index (χ4v) is 11.8. The van der Waals surface area contributed by atoms with Crippen molar-refractivity contribution in [1.82, 2.24) is 0 Å². The maximum absolute atomic E-state index is 8.88. The largest absolute Gasteiger partial charge is 0.198 e. The number of hydrogen-bond donors (Lipinski definition) is 0. The van der Waals surface area contributed by atoms with Crippen LogP contribution in [0.5, 0.6) is 0 Å². The van der Waals surface area contributed by atoms with E-state index in [9.17, 15) is 0 Å². The highest BCUT2D eigenvalue weighted by molar-refractivity contribution is 8.42. The van der Waals surface area contributed by atoms with Crippen molar-refractivity contribution < 1.29 is 0 Å². The second-order valence-corrected chi connectivity index (χ2v) is 13.7. The molecule has 0 aromatic carbocycles. The highest BCUT2D eigenvalue weighted by atomic mass is 32.3. The molecule has 28 heavy (non-hydrogen) atoms. The first-order valence-corrected chi connectivity index (χ1v) is 14.9. The summed E-state index contributed by atoms with van der Waals surface area (Å²) in [6.45, 7) is 0. The van der Waals surface area contributed by atoms with Gasteiger partial charge in [-0.2, -0.15) is 21.0 Å². The Labute approximate surface area is 199 Å². The summed E-state index contributed by atoms with van der Waals surface area (Å²) in [6, 6.07) is 4.36. The molecule has 0 fully saturated rings. The molecule has 2 aliphatic heterocycles. The predicted molar refractivity (Wildman–Crippen MR) is 133 cm³/mol. The van der Waals surface area contributed by atoms with Crippen molar-refractivity contribution in [3.63, 3.8) is 0 Å². The van der Waals surface area contributed by atoms with Gasteiger partial charge in [-0.25, -0.2) is 0 Å². The third kappa shape index (κ3) is 7.67. The van der Waals surface area contributed by atoms with Crippen LogP contribution in [0.3, 0.4) is 0 Å². The molecular formula is C16H12N4S8. The topological polar surface area (TPSA) is 95.2 Å². The van der Waals surface area contributed by atoms with Crippen molar-refractivity contribution in [3.05, 3.63) is 26.8 Å². The van der Waals surface area contributed by atoms with Gasteiger partial charge < -0.3 is 0 Å². The van der Waals surface area contributed by atoms with Gasteiger partial charge in [0, 0.05) is 45.7 Å². The molecule has 12 heteroatoms. The van der Waals surface area contributed by atoms with Gasteiger partial charge >= 0.3 is 0 Å². The Hall–Kier alpha value is -0.0200. The average molecular weight is 517 g/mol. The van der Waals surface area contributed by atoms with Crippen molar-refractivity contribution in [2.45, 2.75) is 12.8 Å². The summed E-state index contributed by atoms with van der Waals surface area (Å²) in [7, 11) is 0. The summed E-state index contributed by atoms with van der Waals surface area (Å²) in [4.78, 5) is 2.32. The molecule has 0 amide bonds. The van der Waals surface area contributed by atoms with Gasteiger partial charge in [-0.1, -0.05) is 47.0 Å². The van der Waals surface area contributed by atoms with Gasteiger partial charge in [-0.05, 0) is 23.5 Å². The van der Waals surface area contributed by atoms with E-state index in [2.05, 4.69) is 22.9 Å². The van der Waals surface area contributed by atoms with Crippen molar-refractivity contribution in [2.75, 3.05) is 23.0 Å². The van der Waals surface area contributed by atoms with Gasteiger partial charge in [0.25, 0.3) is 0 Å². The number of nitrogens with zero attached hydrogens (tertiary/aromatic N) is 4. The van der Waals surface area contributed by atoms with Crippen LogP contribution in [0.1, 0.15) is 12.8 Å². The third-order valence-corrected chi connectivity index (χ3v) is 13.1. The first-order valence-electron chi connectivity index (χ1n) is 7.66. The molecular weight excluding hydrogens is 505 g/mol. The molecule has 0 saturated carbocycles. The molecule has 0 radical (unpaired) electrons. The summed E-state index contributed by atoms with van der Waals surface area (Å²) in [5.74, 6) is 2.80. The normalized spacial score (nSPS) is 16.1. The second-order valence-electron chi connectivity index (χ2n) is 4.68. The summed E-state index contributed by atoms with van der Waals surface area (Å²) >= 11 is 12.7. The highest BCUT2D eigenvalue weighted by Gasteiger charge is 2.30. The monoisotopic (exact) mass is 516 g/mol. The number of hydrogen-bond acceptors (Lipinski definition) is 12. The van der Waals surface area contributed by atoms with Gasteiger partial charge in [0.1, 0.15) is 10.8 Å². The van der Waals surface area contributed by atoms with Crippen LogP contribution in [-0.2, 0) is 0 Å². The second kappa shape index (κ2) is 14.1. The maximum Gasteiger partial charge on any atom is 0.133 e. The zero-order chi connectivity index (χ0) is 20.2. The fraction of sp³-hybridized carbons (Fsp3) is 0.375. The van der Waals surface area contributed by atoms with Crippen LogP contribution in [-0.4, -0.2) is 23.0 Å². The van der Waals surface area contributed by atoms with Gasteiger partial charge in [0.2, 0.25) is 0 Å². The predicted octanol–water partition coefficient (Wildman–Crippen LogP) is 7.13. The van der Waals surface area contributed by atoms with Crippen LogP contribution in [0.15, 0.2) is 26.8 Å². The molecule has 2 heterocycles. The van der Waals surface area contributed by atoms with E-state index in [0.29, 0.717) is 24.3 Å². The lowest BCUT2D eigenvalue weighted by molar-refractivity contribution is 1.24. The minimum atomic E-state index is 0.511. The Morgan fingerprint density at radius 3 is 1.46 bits per heavy atom. The molecule has 0 aliphatic carbocycles. The first kappa shape index (κ1) is 24.3. The zero-order valence-electron chi connectivity index (χ0n) is 14.3. The Kier molecular flexibility index (Phi) is 12.2.